The highest BCUT2D eigenvalue weighted by atomic mass is 79.9. The van der Waals surface area contributed by atoms with E-state index in [9.17, 15) is 22.8 Å². The number of hydrogen-bond donors (Lipinski definition) is 1. The van der Waals surface area contributed by atoms with E-state index in [2.05, 4.69) is 37.2 Å². The molecule has 1 aliphatic heterocycles. The van der Waals surface area contributed by atoms with Crippen molar-refractivity contribution in [1.82, 2.24) is 5.32 Å². The molecule has 4 amide bonds. The smallest absolute Gasteiger partial charge is 0.339 e. The summed E-state index contributed by atoms with van der Waals surface area (Å²) in [5.74, 6) is -2.09. The van der Waals surface area contributed by atoms with E-state index in [1.807, 2.05) is 0 Å². The van der Waals surface area contributed by atoms with Gasteiger partial charge in [-0.2, -0.15) is 8.42 Å². The molecule has 36 heavy (non-hydrogen) atoms. The number of rotatable bonds is 5. The second-order valence-electron chi connectivity index (χ2n) is 7.24. The summed E-state index contributed by atoms with van der Waals surface area (Å²) >= 11 is 18.4. The van der Waals surface area contributed by atoms with E-state index in [-0.39, 0.29) is 31.4 Å². The van der Waals surface area contributed by atoms with Gasteiger partial charge in [0.05, 0.1) is 10.2 Å². The van der Waals surface area contributed by atoms with Crippen LogP contribution in [0.5, 0.6) is 5.75 Å². The number of amides is 4. The Kier molecular flexibility index (Phi) is 7.58. The van der Waals surface area contributed by atoms with E-state index in [1.54, 1.807) is 6.07 Å². The van der Waals surface area contributed by atoms with Crippen molar-refractivity contribution in [3.05, 3.63) is 90.8 Å². The normalized spacial score (nSPS) is 15.3. The van der Waals surface area contributed by atoms with E-state index in [0.29, 0.717) is 9.50 Å². The van der Waals surface area contributed by atoms with Crippen molar-refractivity contribution < 1.29 is 27.0 Å². The Morgan fingerprint density at radius 1 is 0.917 bits per heavy atom. The molecule has 1 heterocycles. The second-order valence-corrected chi connectivity index (χ2v) is 11.4. The first-order valence-corrected chi connectivity index (χ1v) is 13.6. The third-order valence-electron chi connectivity index (χ3n) is 4.80. The fraction of sp³-hybridized carbons (Fsp3) is 0. The zero-order valence-electron chi connectivity index (χ0n) is 17.7. The van der Waals surface area contributed by atoms with Crippen molar-refractivity contribution in [2.75, 3.05) is 4.90 Å². The zero-order valence-corrected chi connectivity index (χ0v) is 23.2. The molecule has 1 fully saturated rings. The molecule has 0 atom stereocenters. The average Bonchev–Trinajstić information content (AvgIpc) is 2.79. The van der Waals surface area contributed by atoms with E-state index in [4.69, 9.17) is 27.4 Å². The summed E-state index contributed by atoms with van der Waals surface area (Å²) in [4.78, 5) is 38.9. The molecule has 0 unspecified atom stereocenters. The van der Waals surface area contributed by atoms with Crippen molar-refractivity contribution in [3.63, 3.8) is 0 Å². The minimum absolute atomic E-state index is 0.0627. The molecule has 3 aromatic rings. The van der Waals surface area contributed by atoms with Crippen LogP contribution in [0, 0.1) is 0 Å². The van der Waals surface area contributed by atoms with Gasteiger partial charge in [0.1, 0.15) is 10.5 Å². The topological polar surface area (TPSA) is 110 Å². The highest BCUT2D eigenvalue weighted by molar-refractivity contribution is 9.11. The minimum Gasteiger partial charge on any atom is -0.377 e. The number of nitrogens with one attached hydrogen (secondary N) is 1. The number of anilines is 1. The Morgan fingerprint density at radius 3 is 2.28 bits per heavy atom. The summed E-state index contributed by atoms with van der Waals surface area (Å²) in [6.45, 7) is 0. The highest BCUT2D eigenvalue weighted by Gasteiger charge is 2.37. The Balaban J connectivity index is 1.79. The second kappa shape index (κ2) is 10.3. The largest absolute Gasteiger partial charge is 0.377 e. The van der Waals surface area contributed by atoms with Crippen LogP contribution >= 0.6 is 55.1 Å². The number of carbonyl (C=O) groups is 3. The Labute approximate surface area is 232 Å². The van der Waals surface area contributed by atoms with Gasteiger partial charge in [-0.25, -0.2) is 9.69 Å². The van der Waals surface area contributed by atoms with Gasteiger partial charge in [0.25, 0.3) is 11.8 Å². The molecule has 1 saturated heterocycles. The fourth-order valence-corrected chi connectivity index (χ4v) is 5.93. The SMILES string of the molecule is O=C1NC(=O)N(c2cccc(Cl)c2)C(=O)/C1=C/c1cc(Br)cc(Br)c1OS(=O)(=O)c1ccc(Cl)cc1. The van der Waals surface area contributed by atoms with Crippen LogP contribution in [-0.4, -0.2) is 26.3 Å². The number of barbiturate groups is 1. The number of halogens is 4. The van der Waals surface area contributed by atoms with Gasteiger partial charge >= 0.3 is 16.1 Å². The van der Waals surface area contributed by atoms with Crippen LogP contribution in [0.15, 0.2) is 80.1 Å². The van der Waals surface area contributed by atoms with Gasteiger partial charge in [0.15, 0.2) is 5.75 Å². The number of hydrogen-bond acceptors (Lipinski definition) is 6. The third kappa shape index (κ3) is 5.50. The van der Waals surface area contributed by atoms with Gasteiger partial charge in [-0.1, -0.05) is 45.2 Å². The van der Waals surface area contributed by atoms with Crippen molar-refractivity contribution >= 4 is 94.8 Å². The molecule has 0 saturated carbocycles. The van der Waals surface area contributed by atoms with Gasteiger partial charge in [0.2, 0.25) is 0 Å². The molecule has 0 bridgehead atoms. The number of imide groups is 2. The maximum absolute atomic E-state index is 13.2. The third-order valence-corrected chi connectivity index (χ3v) is 7.57. The number of urea groups is 1. The van der Waals surface area contributed by atoms with E-state index in [1.165, 1.54) is 54.6 Å². The summed E-state index contributed by atoms with van der Waals surface area (Å²) in [6, 6.07) is 13.3. The molecule has 4 rings (SSSR count). The van der Waals surface area contributed by atoms with E-state index < -0.39 is 33.5 Å². The Bertz CT molecular complexity index is 1560. The van der Waals surface area contributed by atoms with Crippen molar-refractivity contribution in [1.29, 1.82) is 0 Å². The number of benzene rings is 3. The van der Waals surface area contributed by atoms with Crippen LogP contribution in [0.1, 0.15) is 5.56 Å². The van der Waals surface area contributed by atoms with Gasteiger partial charge in [-0.05, 0) is 76.6 Å². The molecule has 1 N–H and O–H groups in total. The number of nitrogens with zero attached hydrogens (tertiary/aromatic N) is 1. The van der Waals surface area contributed by atoms with Crippen LogP contribution in [-0.2, 0) is 19.7 Å². The molecule has 13 heteroatoms. The molecule has 0 aliphatic carbocycles. The summed E-state index contributed by atoms with van der Waals surface area (Å²) in [6.07, 6.45) is 1.13. The van der Waals surface area contributed by atoms with Gasteiger partial charge in [-0.3, -0.25) is 14.9 Å². The Hall–Kier alpha value is -2.70. The zero-order chi connectivity index (χ0) is 26.2. The summed E-state index contributed by atoms with van der Waals surface area (Å²) in [7, 11) is -4.32. The van der Waals surface area contributed by atoms with Crippen LogP contribution in [0.4, 0.5) is 10.5 Å². The van der Waals surface area contributed by atoms with E-state index >= 15 is 0 Å². The lowest BCUT2D eigenvalue weighted by Gasteiger charge is -2.26. The maximum Gasteiger partial charge on any atom is 0.339 e. The van der Waals surface area contributed by atoms with Crippen molar-refractivity contribution in [2.45, 2.75) is 4.90 Å². The van der Waals surface area contributed by atoms with Crippen molar-refractivity contribution in [2.24, 2.45) is 0 Å². The molecule has 1 aliphatic rings. The van der Waals surface area contributed by atoms with E-state index in [0.717, 1.165) is 11.0 Å². The summed E-state index contributed by atoms with van der Waals surface area (Å²) in [5, 5.41) is 2.71. The standard InChI is InChI=1S/C23H12Br2Cl2N2O6S/c24-13-8-12(20(19(25)10-13)35-36(33,34)17-6-4-14(26)5-7-17)9-18-21(30)28-23(32)29(22(18)31)16-3-1-2-15(27)11-16/h1-11H,(H,28,30,32)/b18-9+. The minimum atomic E-state index is -4.32. The van der Waals surface area contributed by atoms with Crippen LogP contribution in [0.2, 0.25) is 10.0 Å². The number of carbonyl (C=O) groups excluding carboxylic acids is 3. The van der Waals surface area contributed by atoms with Crippen LogP contribution in [0.25, 0.3) is 6.08 Å². The van der Waals surface area contributed by atoms with Gasteiger partial charge in [-0.15, -0.1) is 0 Å². The van der Waals surface area contributed by atoms with Crippen molar-refractivity contribution in [3.8, 4) is 5.75 Å². The molecule has 0 spiro atoms. The van der Waals surface area contributed by atoms with Gasteiger partial charge in [0, 0.05) is 20.1 Å². The monoisotopic (exact) mass is 672 g/mol. The molecule has 0 aromatic heterocycles. The molecule has 8 nitrogen and oxygen atoms in total. The van der Waals surface area contributed by atoms with Gasteiger partial charge < -0.3 is 4.18 Å². The predicted octanol–water partition coefficient (Wildman–Crippen LogP) is 5.95. The quantitative estimate of drug-likeness (QED) is 0.204. The molecular weight excluding hydrogens is 663 g/mol. The summed E-state index contributed by atoms with van der Waals surface area (Å²) < 4.78 is 31.9. The molecule has 3 aromatic carbocycles. The average molecular weight is 675 g/mol. The predicted molar refractivity (Wildman–Crippen MR) is 142 cm³/mol. The first-order chi connectivity index (χ1) is 17.0. The van der Waals surface area contributed by atoms with Crippen LogP contribution < -0.4 is 14.4 Å². The fourth-order valence-electron chi connectivity index (χ4n) is 3.20. The first-order valence-electron chi connectivity index (χ1n) is 9.82. The molecular formula is C23H12Br2Cl2N2O6S. The van der Waals surface area contributed by atoms with Crippen LogP contribution in [0.3, 0.4) is 0 Å². The summed E-state index contributed by atoms with van der Waals surface area (Å²) in [5.41, 5.74) is -0.235. The molecule has 184 valence electrons. The highest BCUT2D eigenvalue weighted by Crippen LogP contribution is 2.37. The lowest BCUT2D eigenvalue weighted by Crippen LogP contribution is -2.54. The maximum atomic E-state index is 13.2. The first kappa shape index (κ1) is 26.4. The lowest BCUT2D eigenvalue weighted by molar-refractivity contribution is -0.122. The molecule has 0 radical (unpaired) electrons. The Morgan fingerprint density at radius 2 is 1.61 bits per heavy atom. The lowest BCUT2D eigenvalue weighted by atomic mass is 10.1.